The zero-order valence-electron chi connectivity index (χ0n) is 16.3. The number of anilines is 1. The smallest absolute Gasteiger partial charge is 0.265 e. The Hall–Kier alpha value is -1.86. The topological polar surface area (TPSA) is 90.0 Å². The molecule has 0 radical (unpaired) electrons. The minimum absolute atomic E-state index is 0.00532. The average molecular weight is 401 g/mol. The van der Waals surface area contributed by atoms with Crippen molar-refractivity contribution in [2.45, 2.75) is 76.0 Å². The molecule has 2 aromatic rings. The number of H-pyrrole nitrogens is 1. The lowest BCUT2D eigenvalue weighted by molar-refractivity contribution is -0.0744. The first-order valence-electron chi connectivity index (χ1n) is 10.5. The lowest BCUT2D eigenvalue weighted by atomic mass is 9.67. The molecule has 1 amide bonds. The molecule has 0 aromatic carbocycles. The Morgan fingerprint density at radius 3 is 2.57 bits per heavy atom. The second-order valence-corrected chi connectivity index (χ2v) is 9.91. The molecule has 28 heavy (non-hydrogen) atoms. The van der Waals surface area contributed by atoms with Crippen molar-refractivity contribution in [2.24, 2.45) is 5.92 Å². The van der Waals surface area contributed by atoms with Gasteiger partial charge in [0.05, 0.1) is 17.5 Å². The average Bonchev–Trinajstić information content (AvgIpc) is 3.31. The third kappa shape index (κ3) is 2.95. The predicted molar refractivity (Wildman–Crippen MR) is 110 cm³/mol. The highest BCUT2D eigenvalue weighted by atomic mass is 32.1. The molecule has 2 fully saturated rings. The van der Waals surface area contributed by atoms with Gasteiger partial charge in [-0.2, -0.15) is 5.10 Å². The zero-order chi connectivity index (χ0) is 19.4. The number of thiophene rings is 1. The summed E-state index contributed by atoms with van der Waals surface area (Å²) < 4.78 is 0. The molecule has 0 saturated heterocycles. The Morgan fingerprint density at radius 2 is 1.89 bits per heavy atom. The van der Waals surface area contributed by atoms with E-state index in [0.29, 0.717) is 5.92 Å². The molecule has 3 heterocycles. The maximum absolute atomic E-state index is 12.9. The molecule has 0 unspecified atom stereocenters. The number of hydrogen-bond acceptors (Lipinski definition) is 5. The number of aryl methyl sites for hydroxylation is 1. The highest BCUT2D eigenvalue weighted by Crippen LogP contribution is 2.47. The highest BCUT2D eigenvalue weighted by molar-refractivity contribution is 7.18. The number of aliphatic hydroxyl groups is 1. The van der Waals surface area contributed by atoms with Gasteiger partial charge < -0.3 is 15.7 Å². The minimum atomic E-state index is -0.563. The van der Waals surface area contributed by atoms with E-state index in [4.69, 9.17) is 0 Å². The fourth-order valence-corrected chi connectivity index (χ4v) is 6.43. The molecule has 0 bridgehead atoms. The zero-order valence-corrected chi connectivity index (χ0v) is 17.1. The number of amides is 1. The summed E-state index contributed by atoms with van der Waals surface area (Å²) >= 11 is 1.50. The molecule has 3 aliphatic rings. The monoisotopic (exact) mass is 400 g/mol. The third-order valence-corrected chi connectivity index (χ3v) is 8.26. The van der Waals surface area contributed by atoms with E-state index in [1.54, 1.807) is 0 Å². The van der Waals surface area contributed by atoms with Crippen LogP contribution in [-0.4, -0.2) is 32.5 Å². The number of nitrogens with zero attached hydrogens (tertiary/aromatic N) is 1. The molecule has 150 valence electrons. The number of hydrogen-bond donors (Lipinski definition) is 4. The normalized spacial score (nSPS) is 30.7. The quantitative estimate of drug-likeness (QED) is 0.609. The SMILES string of the molecule is Cc1[nH]ncc1-c1cc2c(s1)C(=O)NC1(CCC(O)(C3CCCCC3)CC1)N2. The molecule has 2 aromatic heterocycles. The van der Waals surface area contributed by atoms with Crippen molar-refractivity contribution in [3.63, 3.8) is 0 Å². The summed E-state index contributed by atoms with van der Waals surface area (Å²) in [6, 6.07) is 2.07. The molecule has 7 heteroatoms. The van der Waals surface area contributed by atoms with Gasteiger partial charge in [0, 0.05) is 16.1 Å². The summed E-state index contributed by atoms with van der Waals surface area (Å²) in [5.74, 6) is 0.416. The van der Waals surface area contributed by atoms with Gasteiger partial charge in [0.2, 0.25) is 0 Å². The van der Waals surface area contributed by atoms with Gasteiger partial charge in [0.25, 0.3) is 5.91 Å². The van der Waals surface area contributed by atoms with Gasteiger partial charge in [0.15, 0.2) is 0 Å². The number of aromatic amines is 1. The van der Waals surface area contributed by atoms with Crippen LogP contribution < -0.4 is 10.6 Å². The number of nitrogens with one attached hydrogen (secondary N) is 3. The molecule has 2 aliphatic carbocycles. The standard InChI is InChI=1S/C21H28N4O2S/c1-13-15(12-22-25-13)17-11-16-18(28-17)19(26)24-21(23-16)9-7-20(27,8-10-21)14-5-3-2-4-6-14/h11-12,14,23,27H,2-10H2,1H3,(H,22,25)(H,24,26). The predicted octanol–water partition coefficient (Wildman–Crippen LogP) is 4.18. The first kappa shape index (κ1) is 18.2. The summed E-state index contributed by atoms with van der Waals surface area (Å²) in [5, 5.41) is 25.2. The molecule has 2 saturated carbocycles. The fraction of sp³-hybridized carbons (Fsp3) is 0.619. The summed E-state index contributed by atoms with van der Waals surface area (Å²) in [4.78, 5) is 14.6. The van der Waals surface area contributed by atoms with Crippen LogP contribution in [0.3, 0.4) is 0 Å². The fourth-order valence-electron chi connectivity index (χ4n) is 5.36. The van der Waals surface area contributed by atoms with Crippen molar-refractivity contribution >= 4 is 22.9 Å². The summed E-state index contributed by atoms with van der Waals surface area (Å²) in [6.07, 6.45) is 10.9. The number of carbonyl (C=O) groups excluding carboxylic acids is 1. The molecule has 1 spiro atoms. The first-order valence-corrected chi connectivity index (χ1v) is 11.3. The van der Waals surface area contributed by atoms with E-state index in [1.165, 1.54) is 30.6 Å². The van der Waals surface area contributed by atoms with E-state index >= 15 is 0 Å². The van der Waals surface area contributed by atoms with Gasteiger partial charge in [-0.05, 0) is 57.4 Å². The summed E-state index contributed by atoms with van der Waals surface area (Å²) in [7, 11) is 0. The Kier molecular flexibility index (Phi) is 4.28. The largest absolute Gasteiger partial charge is 0.390 e. The van der Waals surface area contributed by atoms with Crippen LogP contribution >= 0.6 is 11.3 Å². The lowest BCUT2D eigenvalue weighted by Crippen LogP contribution is -2.61. The highest BCUT2D eigenvalue weighted by Gasteiger charge is 2.48. The molecule has 0 atom stereocenters. The molecule has 6 nitrogen and oxygen atoms in total. The van der Waals surface area contributed by atoms with Crippen molar-refractivity contribution in [1.82, 2.24) is 15.5 Å². The number of rotatable bonds is 2. The van der Waals surface area contributed by atoms with Crippen molar-refractivity contribution < 1.29 is 9.90 Å². The van der Waals surface area contributed by atoms with E-state index in [0.717, 1.165) is 65.2 Å². The molecule has 4 N–H and O–H groups in total. The Balaban J connectivity index is 1.36. The van der Waals surface area contributed by atoms with E-state index in [1.807, 2.05) is 13.1 Å². The van der Waals surface area contributed by atoms with Crippen LogP contribution in [0.25, 0.3) is 10.4 Å². The Labute approximate surface area is 169 Å². The van der Waals surface area contributed by atoms with Crippen molar-refractivity contribution in [3.8, 4) is 10.4 Å². The Morgan fingerprint density at radius 1 is 1.14 bits per heavy atom. The number of fused-ring (bicyclic) bond motifs is 1. The maximum atomic E-state index is 12.9. The third-order valence-electron chi connectivity index (χ3n) is 7.09. The van der Waals surface area contributed by atoms with Crippen molar-refractivity contribution in [2.75, 3.05) is 5.32 Å². The Bertz CT molecular complexity index is 888. The van der Waals surface area contributed by atoms with Crippen LogP contribution in [0.5, 0.6) is 0 Å². The van der Waals surface area contributed by atoms with Crippen LogP contribution in [0.4, 0.5) is 5.69 Å². The number of aromatic nitrogens is 2. The molecule has 5 rings (SSSR count). The lowest BCUT2D eigenvalue weighted by Gasteiger charge is -2.49. The summed E-state index contributed by atoms with van der Waals surface area (Å²) in [6.45, 7) is 1.99. The van der Waals surface area contributed by atoms with Gasteiger partial charge in [-0.15, -0.1) is 11.3 Å². The van der Waals surface area contributed by atoms with Gasteiger partial charge in [-0.3, -0.25) is 9.89 Å². The van der Waals surface area contributed by atoms with Crippen LogP contribution in [-0.2, 0) is 0 Å². The van der Waals surface area contributed by atoms with Crippen LogP contribution in [0.2, 0.25) is 0 Å². The van der Waals surface area contributed by atoms with Crippen LogP contribution in [0.1, 0.15) is 73.2 Å². The maximum Gasteiger partial charge on any atom is 0.265 e. The van der Waals surface area contributed by atoms with Crippen molar-refractivity contribution in [3.05, 3.63) is 22.8 Å². The molecule has 1 aliphatic heterocycles. The van der Waals surface area contributed by atoms with Crippen LogP contribution in [0, 0.1) is 12.8 Å². The van der Waals surface area contributed by atoms with Crippen molar-refractivity contribution in [1.29, 1.82) is 0 Å². The van der Waals surface area contributed by atoms with Crippen LogP contribution in [0.15, 0.2) is 12.3 Å². The second kappa shape index (κ2) is 6.59. The first-order chi connectivity index (χ1) is 13.5. The van der Waals surface area contributed by atoms with Gasteiger partial charge in [-0.1, -0.05) is 19.3 Å². The van der Waals surface area contributed by atoms with E-state index in [-0.39, 0.29) is 5.91 Å². The molecular weight excluding hydrogens is 372 g/mol. The van der Waals surface area contributed by atoms with Gasteiger partial charge >= 0.3 is 0 Å². The van der Waals surface area contributed by atoms with Gasteiger partial charge in [0.1, 0.15) is 10.5 Å². The minimum Gasteiger partial charge on any atom is -0.390 e. The van der Waals surface area contributed by atoms with E-state index in [9.17, 15) is 9.90 Å². The summed E-state index contributed by atoms with van der Waals surface area (Å²) in [5.41, 5.74) is 1.95. The van der Waals surface area contributed by atoms with Gasteiger partial charge in [-0.25, -0.2) is 0 Å². The molecular formula is C21H28N4O2S. The number of carbonyl (C=O) groups is 1. The van der Waals surface area contributed by atoms with E-state index in [2.05, 4.69) is 26.9 Å². The van der Waals surface area contributed by atoms with E-state index < -0.39 is 11.3 Å². The second-order valence-electron chi connectivity index (χ2n) is 8.86.